The van der Waals surface area contributed by atoms with Gasteiger partial charge >= 0.3 is 0 Å². The molecule has 7 nitrogen and oxygen atoms in total. The summed E-state index contributed by atoms with van der Waals surface area (Å²) >= 11 is 0. The Morgan fingerprint density at radius 1 is 1.06 bits per heavy atom. The second-order valence-corrected chi connectivity index (χ2v) is 9.40. The third-order valence-electron chi connectivity index (χ3n) is 6.55. The number of carbonyl (C=O) groups is 1. The van der Waals surface area contributed by atoms with Gasteiger partial charge in [-0.25, -0.2) is 0 Å². The number of methoxy groups -OCH3 is 2. The number of ketones is 1. The van der Waals surface area contributed by atoms with Gasteiger partial charge in [-0.05, 0) is 28.8 Å². The molecule has 2 aromatic carbocycles. The fourth-order valence-corrected chi connectivity index (χ4v) is 4.97. The van der Waals surface area contributed by atoms with E-state index in [0.717, 1.165) is 11.1 Å². The number of nitriles is 2. The molecule has 0 aromatic heterocycles. The van der Waals surface area contributed by atoms with Gasteiger partial charge in [0.2, 0.25) is 0 Å². The van der Waals surface area contributed by atoms with Gasteiger partial charge in [-0.2, -0.15) is 15.6 Å². The van der Waals surface area contributed by atoms with Crippen LogP contribution in [0.1, 0.15) is 49.4 Å². The molecule has 0 N–H and O–H groups in total. The van der Waals surface area contributed by atoms with E-state index in [2.05, 4.69) is 17.2 Å². The smallest absolute Gasteiger partial charge is 0.178 e. The van der Waals surface area contributed by atoms with Gasteiger partial charge in [-0.15, -0.1) is 0 Å². The lowest BCUT2D eigenvalue weighted by Gasteiger charge is -2.34. The Balaban J connectivity index is 2.02. The van der Waals surface area contributed by atoms with E-state index in [-0.39, 0.29) is 5.78 Å². The van der Waals surface area contributed by atoms with Crippen LogP contribution in [0, 0.1) is 33.5 Å². The van der Waals surface area contributed by atoms with E-state index >= 15 is 0 Å². The molecule has 0 radical (unpaired) electrons. The molecule has 2 aromatic rings. The van der Waals surface area contributed by atoms with E-state index < -0.39 is 28.8 Å². The monoisotopic (exact) mass is 442 g/mol. The number of hydrazone groups is 1. The summed E-state index contributed by atoms with van der Waals surface area (Å²) in [6.07, 6.45) is 1.70. The molecule has 33 heavy (non-hydrogen) atoms. The van der Waals surface area contributed by atoms with E-state index in [1.54, 1.807) is 36.5 Å². The van der Waals surface area contributed by atoms with Gasteiger partial charge < -0.3 is 9.47 Å². The molecule has 2 heterocycles. The maximum absolute atomic E-state index is 13.8. The molecule has 3 atom stereocenters. The number of hydrogen-bond donors (Lipinski definition) is 0. The Kier molecular flexibility index (Phi) is 5.38. The molecule has 168 valence electrons. The summed E-state index contributed by atoms with van der Waals surface area (Å²) in [5.74, 6) is 0.151. The van der Waals surface area contributed by atoms with Crippen LogP contribution < -0.4 is 9.47 Å². The standard InChI is InChI=1S/C26H26N4O3/c1-25(2,3)24(31)22-21(16-10-11-19(32-4)20(12-16)33-5)26(14-27,15-28)23-18-9-7-6-8-17(18)13-29-30(22)23/h6-13,21-23H,1-5H3/t21-,22+,23?/m1/s1. The highest BCUT2D eigenvalue weighted by atomic mass is 16.5. The highest BCUT2D eigenvalue weighted by Crippen LogP contribution is 2.60. The quantitative estimate of drug-likeness (QED) is 0.703. The number of benzene rings is 2. The Morgan fingerprint density at radius 2 is 1.73 bits per heavy atom. The van der Waals surface area contributed by atoms with E-state index in [1.807, 2.05) is 45.0 Å². The molecule has 0 amide bonds. The van der Waals surface area contributed by atoms with Crippen molar-refractivity contribution in [3.05, 3.63) is 59.2 Å². The number of ether oxygens (including phenoxy) is 2. The van der Waals surface area contributed by atoms with Crippen LogP contribution in [0.15, 0.2) is 47.6 Å². The van der Waals surface area contributed by atoms with Crippen molar-refractivity contribution in [1.29, 1.82) is 10.5 Å². The minimum Gasteiger partial charge on any atom is -0.493 e. The Morgan fingerprint density at radius 3 is 2.33 bits per heavy atom. The minimum absolute atomic E-state index is 0.0869. The van der Waals surface area contributed by atoms with Crippen LogP contribution >= 0.6 is 0 Å². The highest BCUT2D eigenvalue weighted by Gasteiger charge is 2.65. The van der Waals surface area contributed by atoms with Gasteiger partial charge in [0, 0.05) is 11.3 Å². The Labute approximate surface area is 193 Å². The number of nitrogens with zero attached hydrogens (tertiary/aromatic N) is 4. The molecule has 0 aliphatic carbocycles. The maximum Gasteiger partial charge on any atom is 0.178 e. The summed E-state index contributed by atoms with van der Waals surface area (Å²) in [5.41, 5.74) is 0.0329. The van der Waals surface area contributed by atoms with Crippen LogP contribution in [0.3, 0.4) is 0 Å². The summed E-state index contributed by atoms with van der Waals surface area (Å²) in [6, 6.07) is 16.0. The number of carbonyl (C=O) groups excluding carboxylic acids is 1. The van der Waals surface area contributed by atoms with Crippen molar-refractivity contribution in [3.63, 3.8) is 0 Å². The molecule has 1 unspecified atom stereocenters. The van der Waals surface area contributed by atoms with Gasteiger partial charge in [-0.3, -0.25) is 9.80 Å². The largest absolute Gasteiger partial charge is 0.493 e. The molecule has 2 aliphatic heterocycles. The van der Waals surface area contributed by atoms with E-state index in [1.165, 1.54) is 7.11 Å². The summed E-state index contributed by atoms with van der Waals surface area (Å²) in [5, 5.41) is 27.3. The summed E-state index contributed by atoms with van der Waals surface area (Å²) in [7, 11) is 3.07. The lowest BCUT2D eigenvalue weighted by molar-refractivity contribution is -0.131. The number of fused-ring (bicyclic) bond motifs is 3. The predicted octanol–water partition coefficient (Wildman–Crippen LogP) is 4.21. The van der Waals surface area contributed by atoms with E-state index in [9.17, 15) is 15.3 Å². The number of Topliss-reactive ketones (excluding diaryl/α,β-unsaturated/α-hetero) is 1. The summed E-state index contributed by atoms with van der Waals surface area (Å²) < 4.78 is 10.9. The highest BCUT2D eigenvalue weighted by molar-refractivity contribution is 5.92. The molecular weight excluding hydrogens is 416 g/mol. The van der Waals surface area contributed by atoms with Crippen molar-refractivity contribution in [2.75, 3.05) is 14.2 Å². The topological polar surface area (TPSA) is 98.7 Å². The summed E-state index contributed by atoms with van der Waals surface area (Å²) in [4.78, 5) is 13.8. The van der Waals surface area contributed by atoms with Crippen molar-refractivity contribution in [2.45, 2.75) is 38.8 Å². The number of hydrogen-bond acceptors (Lipinski definition) is 7. The molecule has 0 bridgehead atoms. The van der Waals surface area contributed by atoms with Gasteiger partial charge in [0.1, 0.15) is 12.1 Å². The molecule has 0 saturated carbocycles. The first-order chi connectivity index (χ1) is 15.7. The fraction of sp³-hybridized carbons (Fsp3) is 0.385. The van der Waals surface area contributed by atoms with Crippen LogP contribution in [0.4, 0.5) is 0 Å². The zero-order chi connectivity index (χ0) is 24.0. The van der Waals surface area contributed by atoms with Crippen molar-refractivity contribution in [1.82, 2.24) is 5.01 Å². The van der Waals surface area contributed by atoms with Crippen molar-refractivity contribution in [3.8, 4) is 23.6 Å². The summed E-state index contributed by atoms with van der Waals surface area (Å²) in [6.45, 7) is 5.53. The van der Waals surface area contributed by atoms with Crippen molar-refractivity contribution >= 4 is 12.0 Å². The van der Waals surface area contributed by atoms with Crippen LogP contribution in [-0.2, 0) is 4.79 Å². The van der Waals surface area contributed by atoms with E-state index in [4.69, 9.17) is 9.47 Å². The predicted molar refractivity (Wildman–Crippen MR) is 123 cm³/mol. The molecular formula is C26H26N4O3. The van der Waals surface area contributed by atoms with E-state index in [0.29, 0.717) is 17.1 Å². The SMILES string of the molecule is COc1ccc([C@@H]2[C@@H](C(=O)C(C)(C)C)N3N=Cc4ccccc4C3C2(C#N)C#N)cc1OC. The fourth-order valence-electron chi connectivity index (χ4n) is 4.97. The second-order valence-electron chi connectivity index (χ2n) is 9.40. The second kappa shape index (κ2) is 7.94. The van der Waals surface area contributed by atoms with Gasteiger partial charge in [0.25, 0.3) is 0 Å². The third-order valence-corrected chi connectivity index (χ3v) is 6.55. The Bertz CT molecular complexity index is 1200. The third kappa shape index (κ3) is 3.24. The van der Waals surface area contributed by atoms with Crippen LogP contribution in [0.5, 0.6) is 11.5 Å². The molecule has 1 saturated heterocycles. The molecule has 7 heteroatoms. The Hall–Kier alpha value is -3.84. The van der Waals surface area contributed by atoms with Crippen molar-refractivity contribution in [2.24, 2.45) is 15.9 Å². The van der Waals surface area contributed by atoms with Crippen molar-refractivity contribution < 1.29 is 14.3 Å². The average molecular weight is 443 g/mol. The first kappa shape index (κ1) is 22.4. The van der Waals surface area contributed by atoms with Crippen LogP contribution in [0.2, 0.25) is 0 Å². The zero-order valence-electron chi connectivity index (χ0n) is 19.4. The lowest BCUT2D eigenvalue weighted by Crippen LogP contribution is -2.43. The number of rotatable bonds is 4. The van der Waals surface area contributed by atoms with Gasteiger partial charge in [0.05, 0.1) is 32.6 Å². The maximum atomic E-state index is 13.8. The molecule has 1 fully saturated rings. The van der Waals surface area contributed by atoms with Crippen LogP contribution in [0.25, 0.3) is 0 Å². The zero-order valence-corrected chi connectivity index (χ0v) is 19.4. The minimum atomic E-state index is -1.56. The molecule has 4 rings (SSSR count). The average Bonchev–Trinajstić information content (AvgIpc) is 3.13. The molecule has 0 spiro atoms. The molecule has 2 aliphatic rings. The lowest BCUT2D eigenvalue weighted by atomic mass is 9.66. The first-order valence-electron chi connectivity index (χ1n) is 10.7. The first-order valence-corrected chi connectivity index (χ1v) is 10.7. The van der Waals surface area contributed by atoms with Gasteiger partial charge in [-0.1, -0.05) is 51.1 Å². The van der Waals surface area contributed by atoms with Crippen LogP contribution in [-0.4, -0.2) is 37.3 Å². The normalized spacial score (nSPS) is 22.5. The van der Waals surface area contributed by atoms with Gasteiger partial charge in [0.15, 0.2) is 22.7 Å².